The van der Waals surface area contributed by atoms with Crippen LogP contribution in [0.3, 0.4) is 0 Å². The molecule has 0 spiro atoms. The fraction of sp³-hybridized carbons (Fsp3) is 0.320. The number of carbonyl (C=O) groups is 1. The average Bonchev–Trinajstić information content (AvgIpc) is 3.46. The smallest absolute Gasteiger partial charge is 0.297 e. The molecular formula is C25H25N3O4S. The Bertz CT molecular complexity index is 1400. The fourth-order valence-corrected chi connectivity index (χ4v) is 4.92. The predicted octanol–water partition coefficient (Wildman–Crippen LogP) is 4.67. The summed E-state index contributed by atoms with van der Waals surface area (Å²) in [5.41, 5.74) is 4.08. The van der Waals surface area contributed by atoms with E-state index in [4.69, 9.17) is 14.1 Å². The van der Waals surface area contributed by atoms with Crippen LogP contribution in [0.1, 0.15) is 24.0 Å². The van der Waals surface area contributed by atoms with Crippen molar-refractivity contribution in [3.8, 4) is 0 Å². The minimum absolute atomic E-state index is 0.0468. The molecule has 0 saturated carbocycles. The summed E-state index contributed by atoms with van der Waals surface area (Å²) in [5.74, 6) is -0.0177. The van der Waals surface area contributed by atoms with Crippen molar-refractivity contribution >= 4 is 45.4 Å². The summed E-state index contributed by atoms with van der Waals surface area (Å²) < 4.78 is 13.2. The molecule has 3 heterocycles. The number of nitrogens with one attached hydrogen (secondary N) is 1. The van der Waals surface area contributed by atoms with Gasteiger partial charge in [-0.05, 0) is 56.0 Å². The molecule has 1 aliphatic rings. The summed E-state index contributed by atoms with van der Waals surface area (Å²) >= 11 is 1.25. The second-order valence-corrected chi connectivity index (χ2v) is 9.25. The summed E-state index contributed by atoms with van der Waals surface area (Å²) in [4.78, 5) is 30.9. The lowest BCUT2D eigenvalue weighted by Gasteiger charge is -2.15. The zero-order valence-corrected chi connectivity index (χ0v) is 19.4. The van der Waals surface area contributed by atoms with Crippen molar-refractivity contribution in [1.82, 2.24) is 9.55 Å². The highest BCUT2D eigenvalue weighted by atomic mass is 32.2. The molecule has 0 unspecified atom stereocenters. The minimum atomic E-state index is -0.246. The Kier molecular flexibility index (Phi) is 5.95. The van der Waals surface area contributed by atoms with Gasteiger partial charge >= 0.3 is 0 Å². The number of amides is 1. The van der Waals surface area contributed by atoms with Gasteiger partial charge in [0.25, 0.3) is 5.56 Å². The van der Waals surface area contributed by atoms with Crippen LogP contribution in [-0.4, -0.2) is 33.9 Å². The van der Waals surface area contributed by atoms with Gasteiger partial charge in [-0.15, -0.1) is 0 Å². The zero-order chi connectivity index (χ0) is 22.9. The molecule has 1 atom stereocenters. The number of anilines is 1. The first-order valence-corrected chi connectivity index (χ1v) is 12.0. The molecule has 1 saturated heterocycles. The molecule has 1 N–H and O–H groups in total. The first kappa shape index (κ1) is 21.7. The van der Waals surface area contributed by atoms with Gasteiger partial charge in [-0.3, -0.25) is 14.2 Å². The molecule has 0 aliphatic carbocycles. The number of para-hydroxylation sites is 1. The number of benzene rings is 2. The maximum absolute atomic E-state index is 13.4. The van der Waals surface area contributed by atoms with Gasteiger partial charge in [0, 0.05) is 17.7 Å². The summed E-state index contributed by atoms with van der Waals surface area (Å²) in [5, 5.41) is 4.25. The SMILES string of the molecule is Cc1cccc(NC(=O)CSc2nc3c(oc4ccccc43)c(=O)n2C[C@@H]2CCCO2)c1C. The molecule has 5 rings (SSSR count). The lowest BCUT2D eigenvalue weighted by molar-refractivity contribution is -0.113. The summed E-state index contributed by atoms with van der Waals surface area (Å²) in [6, 6.07) is 13.3. The molecule has 4 aromatic rings. The molecule has 2 aromatic carbocycles. The Morgan fingerprint density at radius 2 is 2.06 bits per heavy atom. The Morgan fingerprint density at radius 3 is 2.88 bits per heavy atom. The van der Waals surface area contributed by atoms with E-state index in [1.165, 1.54) is 11.8 Å². The maximum atomic E-state index is 13.4. The Labute approximate surface area is 195 Å². The van der Waals surface area contributed by atoms with Crippen LogP contribution in [-0.2, 0) is 16.1 Å². The molecule has 1 fully saturated rings. The second-order valence-electron chi connectivity index (χ2n) is 8.31. The van der Waals surface area contributed by atoms with E-state index in [-0.39, 0.29) is 28.9 Å². The fourth-order valence-electron chi connectivity index (χ4n) is 4.12. The summed E-state index contributed by atoms with van der Waals surface area (Å²) in [6.07, 6.45) is 1.82. The molecule has 33 heavy (non-hydrogen) atoms. The first-order valence-electron chi connectivity index (χ1n) is 11.0. The number of thioether (sulfide) groups is 1. The van der Waals surface area contributed by atoms with Crippen LogP contribution in [0.5, 0.6) is 0 Å². The van der Waals surface area contributed by atoms with Crippen LogP contribution in [0.4, 0.5) is 5.69 Å². The number of aryl methyl sites for hydroxylation is 1. The largest absolute Gasteiger partial charge is 0.448 e. The average molecular weight is 464 g/mol. The molecule has 0 radical (unpaired) electrons. The van der Waals surface area contributed by atoms with E-state index in [0.717, 1.165) is 35.0 Å². The highest BCUT2D eigenvalue weighted by Gasteiger charge is 2.23. The summed E-state index contributed by atoms with van der Waals surface area (Å²) in [6.45, 7) is 5.08. The normalized spacial score (nSPS) is 16.0. The van der Waals surface area contributed by atoms with E-state index < -0.39 is 0 Å². The van der Waals surface area contributed by atoms with Crippen LogP contribution in [0.15, 0.2) is 56.8 Å². The van der Waals surface area contributed by atoms with Crippen LogP contribution in [0.2, 0.25) is 0 Å². The van der Waals surface area contributed by atoms with Gasteiger partial charge in [0.2, 0.25) is 11.5 Å². The van der Waals surface area contributed by atoms with Crippen molar-refractivity contribution in [1.29, 1.82) is 0 Å². The standard InChI is InChI=1S/C25H25N3O4S/c1-15-7-5-10-19(16(15)2)26-21(29)14-33-25-27-22-18-9-3-4-11-20(18)32-23(22)24(30)28(25)13-17-8-6-12-31-17/h3-5,7,9-11,17H,6,8,12-14H2,1-2H3,(H,26,29)/t17-/m0/s1. The number of aromatic nitrogens is 2. The third-order valence-corrected chi connectivity index (χ3v) is 7.04. The van der Waals surface area contributed by atoms with Gasteiger partial charge in [0.1, 0.15) is 11.1 Å². The van der Waals surface area contributed by atoms with Gasteiger partial charge in [0.05, 0.1) is 18.4 Å². The Balaban J connectivity index is 1.47. The number of ether oxygens (including phenoxy) is 1. The number of hydrogen-bond acceptors (Lipinski definition) is 6. The van der Waals surface area contributed by atoms with Crippen molar-refractivity contribution in [2.75, 3.05) is 17.7 Å². The van der Waals surface area contributed by atoms with Crippen LogP contribution >= 0.6 is 11.8 Å². The number of furan rings is 1. The lowest BCUT2D eigenvalue weighted by atomic mass is 10.1. The van der Waals surface area contributed by atoms with E-state index in [1.54, 1.807) is 4.57 Å². The Morgan fingerprint density at radius 1 is 1.21 bits per heavy atom. The molecule has 1 aliphatic heterocycles. The summed E-state index contributed by atoms with van der Waals surface area (Å²) in [7, 11) is 0. The monoisotopic (exact) mass is 463 g/mol. The first-order chi connectivity index (χ1) is 16.0. The number of carbonyl (C=O) groups excluding carboxylic acids is 1. The predicted molar refractivity (Wildman–Crippen MR) is 130 cm³/mol. The molecule has 170 valence electrons. The highest BCUT2D eigenvalue weighted by molar-refractivity contribution is 7.99. The third kappa shape index (κ3) is 4.28. The molecule has 1 amide bonds. The maximum Gasteiger partial charge on any atom is 0.297 e. The second kappa shape index (κ2) is 9.03. The van der Waals surface area contributed by atoms with E-state index in [1.807, 2.05) is 56.3 Å². The van der Waals surface area contributed by atoms with Crippen molar-refractivity contribution in [2.45, 2.75) is 44.5 Å². The lowest BCUT2D eigenvalue weighted by Crippen LogP contribution is -2.29. The Hall–Kier alpha value is -3.10. The van der Waals surface area contributed by atoms with Crippen molar-refractivity contribution in [3.63, 3.8) is 0 Å². The highest BCUT2D eigenvalue weighted by Crippen LogP contribution is 2.28. The third-order valence-electron chi connectivity index (χ3n) is 6.07. The van der Waals surface area contributed by atoms with Crippen LogP contribution in [0.25, 0.3) is 22.1 Å². The molecular weight excluding hydrogens is 438 g/mol. The molecule has 2 aromatic heterocycles. The van der Waals surface area contributed by atoms with Gasteiger partial charge in [-0.2, -0.15) is 0 Å². The molecule has 8 heteroatoms. The molecule has 7 nitrogen and oxygen atoms in total. The van der Waals surface area contributed by atoms with Gasteiger partial charge < -0.3 is 14.5 Å². The van der Waals surface area contributed by atoms with Crippen molar-refractivity contribution in [2.24, 2.45) is 0 Å². The number of rotatable bonds is 6. The minimum Gasteiger partial charge on any atom is -0.448 e. The quantitative estimate of drug-likeness (QED) is 0.330. The van der Waals surface area contributed by atoms with Crippen LogP contribution in [0, 0.1) is 13.8 Å². The molecule has 0 bridgehead atoms. The topological polar surface area (TPSA) is 86.4 Å². The zero-order valence-electron chi connectivity index (χ0n) is 18.6. The van der Waals surface area contributed by atoms with E-state index in [2.05, 4.69) is 5.32 Å². The van der Waals surface area contributed by atoms with E-state index >= 15 is 0 Å². The van der Waals surface area contributed by atoms with Gasteiger partial charge in [-0.25, -0.2) is 4.98 Å². The van der Waals surface area contributed by atoms with Crippen molar-refractivity contribution < 1.29 is 13.9 Å². The van der Waals surface area contributed by atoms with Crippen molar-refractivity contribution in [3.05, 3.63) is 63.9 Å². The number of nitrogens with zero attached hydrogens (tertiary/aromatic N) is 2. The van der Waals surface area contributed by atoms with E-state index in [9.17, 15) is 9.59 Å². The number of hydrogen-bond donors (Lipinski definition) is 1. The van der Waals surface area contributed by atoms with Crippen LogP contribution < -0.4 is 10.9 Å². The van der Waals surface area contributed by atoms with Gasteiger partial charge in [0.15, 0.2) is 5.16 Å². The number of fused-ring (bicyclic) bond motifs is 3. The van der Waals surface area contributed by atoms with E-state index in [0.29, 0.717) is 29.4 Å². The van der Waals surface area contributed by atoms with Gasteiger partial charge in [-0.1, -0.05) is 36.0 Å².